The average Bonchev–Trinajstić information content (AvgIpc) is 2.03. The van der Waals surface area contributed by atoms with E-state index in [0.717, 1.165) is 0 Å². The summed E-state index contributed by atoms with van der Waals surface area (Å²) < 4.78 is 0. The van der Waals surface area contributed by atoms with Crippen LogP contribution < -0.4 is 26.6 Å². The van der Waals surface area contributed by atoms with Crippen molar-refractivity contribution < 1.29 is 0 Å². The van der Waals surface area contributed by atoms with E-state index in [1.54, 1.807) is 0 Å². The minimum atomic E-state index is 0.170. The van der Waals surface area contributed by atoms with E-state index in [1.165, 1.54) is 0 Å². The summed E-state index contributed by atoms with van der Waals surface area (Å²) in [4.78, 5) is 0. The normalized spacial score (nSPS) is 39.0. The fraction of sp³-hybridized carbons (Fsp3) is 1.00. The first-order valence-corrected chi connectivity index (χ1v) is 3.89. The summed E-state index contributed by atoms with van der Waals surface area (Å²) in [6, 6.07) is 0. The second-order valence-corrected chi connectivity index (χ2v) is 2.67. The van der Waals surface area contributed by atoms with Crippen molar-refractivity contribution in [1.82, 2.24) is 26.6 Å². The Morgan fingerprint density at radius 2 is 1.36 bits per heavy atom. The molecule has 2 unspecified atom stereocenters. The molecule has 0 aromatic carbocycles. The molecule has 0 aliphatic carbocycles. The Labute approximate surface area is 67.3 Å². The van der Waals surface area contributed by atoms with Crippen LogP contribution in [0, 0.1) is 0 Å². The topological polar surface area (TPSA) is 60.1 Å². The predicted molar refractivity (Wildman–Crippen MR) is 44.6 cm³/mol. The van der Waals surface area contributed by atoms with Crippen LogP contribution in [0.5, 0.6) is 0 Å². The fourth-order valence-electron chi connectivity index (χ4n) is 1.14. The molecule has 0 saturated carbocycles. The van der Waals surface area contributed by atoms with Gasteiger partial charge in [0, 0.05) is 0 Å². The van der Waals surface area contributed by atoms with Crippen LogP contribution in [0.1, 0.15) is 6.92 Å². The third-order valence-corrected chi connectivity index (χ3v) is 1.74. The molecule has 11 heavy (non-hydrogen) atoms. The van der Waals surface area contributed by atoms with Crippen molar-refractivity contribution >= 4 is 0 Å². The Kier molecular flexibility index (Phi) is 3.22. The molecule has 1 heterocycles. The third kappa shape index (κ3) is 2.39. The van der Waals surface area contributed by atoms with Gasteiger partial charge in [-0.15, -0.1) is 0 Å². The van der Waals surface area contributed by atoms with Crippen LogP contribution in [-0.2, 0) is 0 Å². The molecule has 1 aliphatic heterocycles. The minimum absolute atomic E-state index is 0.170. The molecule has 1 rings (SSSR count). The molecule has 0 spiro atoms. The van der Waals surface area contributed by atoms with Gasteiger partial charge in [-0.2, -0.15) is 0 Å². The lowest BCUT2D eigenvalue weighted by molar-refractivity contribution is 0.173. The molecule has 0 aromatic heterocycles. The molecule has 5 nitrogen and oxygen atoms in total. The molecule has 1 fully saturated rings. The number of nitrogens with one attached hydrogen (secondary N) is 5. The molecule has 0 aromatic rings. The quantitative estimate of drug-likeness (QED) is 0.326. The lowest BCUT2D eigenvalue weighted by Crippen LogP contribution is -2.72. The molecule has 5 heteroatoms. The van der Waals surface area contributed by atoms with Crippen LogP contribution in [0.25, 0.3) is 0 Å². The second kappa shape index (κ2) is 3.99. The summed E-state index contributed by atoms with van der Waals surface area (Å²) in [7, 11) is 3.82. The number of hydrogen-bond donors (Lipinski definition) is 5. The molecule has 66 valence electrons. The summed E-state index contributed by atoms with van der Waals surface area (Å²) in [6.07, 6.45) is 0.651. The van der Waals surface area contributed by atoms with Gasteiger partial charge in [-0.1, -0.05) is 0 Å². The van der Waals surface area contributed by atoms with Gasteiger partial charge in [-0.05, 0) is 21.0 Å². The van der Waals surface area contributed by atoms with Crippen molar-refractivity contribution in [3.63, 3.8) is 0 Å². The first-order chi connectivity index (χ1) is 5.26. The molecule has 5 N–H and O–H groups in total. The smallest absolute Gasteiger partial charge is 0.115 e. The zero-order valence-electron chi connectivity index (χ0n) is 7.23. The Morgan fingerprint density at radius 3 is 1.73 bits per heavy atom. The van der Waals surface area contributed by atoms with Gasteiger partial charge < -0.3 is 0 Å². The van der Waals surface area contributed by atoms with Gasteiger partial charge in [0.2, 0.25) is 0 Å². The molecule has 2 atom stereocenters. The van der Waals surface area contributed by atoms with Gasteiger partial charge in [-0.3, -0.25) is 26.6 Å². The predicted octanol–water partition coefficient (Wildman–Crippen LogP) is -1.88. The Bertz CT molecular complexity index is 106. The Morgan fingerprint density at radius 1 is 0.909 bits per heavy atom. The SMILES string of the molecule is CNC1NC(C)NC(NC)N1. The highest BCUT2D eigenvalue weighted by Crippen LogP contribution is 1.87. The van der Waals surface area contributed by atoms with Crippen molar-refractivity contribution in [2.24, 2.45) is 0 Å². The fourth-order valence-corrected chi connectivity index (χ4v) is 1.14. The van der Waals surface area contributed by atoms with E-state index in [2.05, 4.69) is 33.5 Å². The highest BCUT2D eigenvalue weighted by atomic mass is 15.5. The molecule has 0 bridgehead atoms. The van der Waals surface area contributed by atoms with Gasteiger partial charge in [-0.25, -0.2) is 0 Å². The highest BCUT2D eigenvalue weighted by Gasteiger charge is 2.20. The molecule has 0 radical (unpaired) electrons. The molecule has 1 saturated heterocycles. The molecular weight excluding hydrogens is 142 g/mol. The molecule has 0 amide bonds. The maximum absolute atomic E-state index is 3.26. The van der Waals surface area contributed by atoms with Crippen LogP contribution in [-0.4, -0.2) is 32.8 Å². The summed E-state index contributed by atoms with van der Waals surface area (Å²) in [5, 5.41) is 15.9. The van der Waals surface area contributed by atoms with E-state index in [1.807, 2.05) is 14.1 Å². The van der Waals surface area contributed by atoms with Gasteiger partial charge in [0.1, 0.15) is 12.6 Å². The Hall–Kier alpha value is -0.200. The van der Waals surface area contributed by atoms with Gasteiger partial charge in [0.05, 0.1) is 6.17 Å². The Balaban J connectivity index is 2.37. The van der Waals surface area contributed by atoms with Crippen molar-refractivity contribution in [3.05, 3.63) is 0 Å². The van der Waals surface area contributed by atoms with Crippen molar-refractivity contribution in [1.29, 1.82) is 0 Å². The molecular formula is C6H17N5. The maximum atomic E-state index is 3.26. The number of hydrogen-bond acceptors (Lipinski definition) is 5. The lowest BCUT2D eigenvalue weighted by atomic mass is 10.4. The maximum Gasteiger partial charge on any atom is 0.115 e. The largest absolute Gasteiger partial charge is 0.293 e. The number of rotatable bonds is 2. The molecule has 1 aliphatic rings. The van der Waals surface area contributed by atoms with Crippen LogP contribution >= 0.6 is 0 Å². The third-order valence-electron chi connectivity index (χ3n) is 1.74. The van der Waals surface area contributed by atoms with Crippen LogP contribution in [0.15, 0.2) is 0 Å². The van der Waals surface area contributed by atoms with Crippen LogP contribution in [0.2, 0.25) is 0 Å². The zero-order chi connectivity index (χ0) is 8.27. The van der Waals surface area contributed by atoms with E-state index in [9.17, 15) is 0 Å². The summed E-state index contributed by atoms with van der Waals surface area (Å²) in [5.41, 5.74) is 0. The van der Waals surface area contributed by atoms with Crippen molar-refractivity contribution in [2.75, 3.05) is 14.1 Å². The first kappa shape index (κ1) is 8.89. The van der Waals surface area contributed by atoms with Gasteiger partial charge in [0.15, 0.2) is 0 Å². The van der Waals surface area contributed by atoms with E-state index in [-0.39, 0.29) is 12.6 Å². The zero-order valence-corrected chi connectivity index (χ0v) is 7.23. The van der Waals surface area contributed by atoms with E-state index >= 15 is 0 Å². The highest BCUT2D eigenvalue weighted by molar-refractivity contribution is 4.76. The van der Waals surface area contributed by atoms with E-state index in [4.69, 9.17) is 0 Å². The second-order valence-electron chi connectivity index (χ2n) is 2.67. The monoisotopic (exact) mass is 159 g/mol. The van der Waals surface area contributed by atoms with Gasteiger partial charge in [0.25, 0.3) is 0 Å². The lowest BCUT2D eigenvalue weighted by Gasteiger charge is -2.36. The minimum Gasteiger partial charge on any atom is -0.293 e. The summed E-state index contributed by atoms with van der Waals surface area (Å²) >= 11 is 0. The first-order valence-electron chi connectivity index (χ1n) is 3.89. The van der Waals surface area contributed by atoms with Crippen LogP contribution in [0.3, 0.4) is 0 Å². The standard InChI is InChI=1S/C6H17N5/c1-4-9-5(7-2)11-6(8-3)10-4/h4-11H,1-3H3. The van der Waals surface area contributed by atoms with E-state index < -0.39 is 0 Å². The van der Waals surface area contributed by atoms with Crippen molar-refractivity contribution in [2.45, 2.75) is 25.7 Å². The van der Waals surface area contributed by atoms with Crippen molar-refractivity contribution in [3.8, 4) is 0 Å². The summed E-state index contributed by atoms with van der Waals surface area (Å²) in [5.74, 6) is 0. The van der Waals surface area contributed by atoms with Gasteiger partial charge >= 0.3 is 0 Å². The van der Waals surface area contributed by atoms with E-state index in [0.29, 0.717) is 6.17 Å². The van der Waals surface area contributed by atoms with Crippen LogP contribution in [0.4, 0.5) is 0 Å². The average molecular weight is 159 g/mol. The summed E-state index contributed by atoms with van der Waals surface area (Å²) in [6.45, 7) is 2.08.